The second-order valence-electron chi connectivity index (χ2n) is 7.00. The predicted octanol–water partition coefficient (Wildman–Crippen LogP) is 6.35. The predicted molar refractivity (Wildman–Crippen MR) is 92.1 cm³/mol. The van der Waals surface area contributed by atoms with Crippen molar-refractivity contribution in [2.75, 3.05) is 0 Å². The van der Waals surface area contributed by atoms with Crippen LogP contribution in [0.5, 0.6) is 0 Å². The van der Waals surface area contributed by atoms with E-state index >= 15 is 0 Å². The van der Waals surface area contributed by atoms with Crippen molar-refractivity contribution < 1.29 is 4.79 Å². The van der Waals surface area contributed by atoms with Crippen LogP contribution in [0, 0.1) is 0 Å². The molecule has 1 aliphatic carbocycles. The second-order valence-corrected chi connectivity index (χ2v) is 21.4. The molecular weight excluding hydrogens is 351 g/mol. The van der Waals surface area contributed by atoms with Crippen LogP contribution in [-0.2, 0) is 4.79 Å². The van der Waals surface area contributed by atoms with Crippen LogP contribution < -0.4 is 0 Å². The van der Waals surface area contributed by atoms with E-state index in [2.05, 4.69) is 20.8 Å². The molecule has 1 nitrogen and oxygen atoms in total. The average Bonchev–Trinajstić information content (AvgIpc) is 2.47. The molecule has 2 heteroatoms. The van der Waals surface area contributed by atoms with Crippen molar-refractivity contribution in [3.63, 3.8) is 0 Å². The first-order valence-electron chi connectivity index (χ1n) is 9.20. The summed E-state index contributed by atoms with van der Waals surface area (Å²) in [5.74, 6) is 0.590. The Morgan fingerprint density at radius 1 is 0.950 bits per heavy atom. The SMILES string of the molecule is CCC[CH2][Sn]([CH2]CCC)([CH2]CCC)[CH]1CCCC(=O)C1. The summed E-state index contributed by atoms with van der Waals surface area (Å²) in [6, 6.07) is 0. The first-order chi connectivity index (χ1) is 9.68. The number of Topliss-reactive ketones (excluding diaryl/α,β-unsaturated/α-hetero) is 1. The monoisotopic (exact) mass is 388 g/mol. The van der Waals surface area contributed by atoms with Gasteiger partial charge in [0.25, 0.3) is 0 Å². The zero-order chi connectivity index (χ0) is 14.8. The number of hydrogen-bond donors (Lipinski definition) is 0. The van der Waals surface area contributed by atoms with Crippen molar-refractivity contribution in [3.05, 3.63) is 0 Å². The van der Waals surface area contributed by atoms with Gasteiger partial charge < -0.3 is 0 Å². The fraction of sp³-hybridized carbons (Fsp3) is 0.944. The maximum atomic E-state index is 12.0. The van der Waals surface area contributed by atoms with Crippen molar-refractivity contribution >= 4 is 24.2 Å². The van der Waals surface area contributed by atoms with E-state index in [9.17, 15) is 4.79 Å². The minimum absolute atomic E-state index is 0.590. The molecule has 0 N–H and O–H groups in total. The summed E-state index contributed by atoms with van der Waals surface area (Å²) in [5, 5.41) is 0. The molecule has 1 unspecified atom stereocenters. The Kier molecular flexibility index (Phi) is 9.48. The molecule has 1 saturated carbocycles. The van der Waals surface area contributed by atoms with Crippen LogP contribution in [-0.4, -0.2) is 24.2 Å². The number of carbonyl (C=O) groups excluding carboxylic acids is 1. The molecule has 1 aliphatic rings. The van der Waals surface area contributed by atoms with Crippen LogP contribution in [0.2, 0.25) is 17.2 Å². The van der Waals surface area contributed by atoms with Crippen LogP contribution in [0.25, 0.3) is 0 Å². The Bertz CT molecular complexity index is 253. The summed E-state index contributed by atoms with van der Waals surface area (Å²) >= 11 is -2.09. The van der Waals surface area contributed by atoms with Crippen molar-refractivity contribution in [2.24, 2.45) is 0 Å². The van der Waals surface area contributed by atoms with Gasteiger partial charge in [0, 0.05) is 0 Å². The van der Waals surface area contributed by atoms with Crippen molar-refractivity contribution in [2.45, 2.75) is 102 Å². The molecule has 1 rings (SSSR count). The second kappa shape index (κ2) is 10.2. The first kappa shape index (κ1) is 18.5. The number of hydrogen-bond acceptors (Lipinski definition) is 1. The minimum atomic E-state index is -2.09. The third-order valence-corrected chi connectivity index (χ3v) is 23.3. The van der Waals surface area contributed by atoms with Gasteiger partial charge >= 0.3 is 131 Å². The summed E-state index contributed by atoms with van der Waals surface area (Å²) in [4.78, 5) is 12.0. The quantitative estimate of drug-likeness (QED) is 0.399. The summed E-state index contributed by atoms with van der Waals surface area (Å²) < 4.78 is 5.62. The number of rotatable bonds is 10. The number of ketones is 1. The Morgan fingerprint density at radius 3 is 1.85 bits per heavy atom. The Hall–Kier alpha value is 0.469. The molecule has 0 radical (unpaired) electrons. The van der Waals surface area contributed by atoms with E-state index in [4.69, 9.17) is 0 Å². The molecule has 0 aliphatic heterocycles. The standard InChI is InChI=1S/C6H9O.3C4H9.Sn/c7-6-4-2-1-3-5-6;3*1-3-4-2;/h2H,1,3-5H2;3*1,3-4H2,2H3;. The van der Waals surface area contributed by atoms with Gasteiger partial charge in [-0.2, -0.15) is 0 Å². The van der Waals surface area contributed by atoms with Gasteiger partial charge in [0.05, 0.1) is 0 Å². The van der Waals surface area contributed by atoms with Crippen LogP contribution >= 0.6 is 0 Å². The number of carbonyl (C=O) groups is 1. The van der Waals surface area contributed by atoms with E-state index in [-0.39, 0.29) is 0 Å². The molecule has 0 aromatic heterocycles. The van der Waals surface area contributed by atoms with Crippen LogP contribution in [0.3, 0.4) is 0 Å². The van der Waals surface area contributed by atoms with Crippen LogP contribution in [0.1, 0.15) is 85.0 Å². The van der Waals surface area contributed by atoms with Crippen molar-refractivity contribution in [1.29, 1.82) is 0 Å². The van der Waals surface area contributed by atoms with E-state index in [0.29, 0.717) is 5.78 Å². The van der Waals surface area contributed by atoms with E-state index < -0.39 is 18.4 Å². The fourth-order valence-corrected chi connectivity index (χ4v) is 23.0. The molecule has 118 valence electrons. The molecule has 0 saturated heterocycles. The first-order valence-corrected chi connectivity index (χ1v) is 16.9. The van der Waals surface area contributed by atoms with Crippen molar-refractivity contribution in [3.8, 4) is 0 Å². The third kappa shape index (κ3) is 5.69. The van der Waals surface area contributed by atoms with E-state index in [1.807, 2.05) is 0 Å². The summed E-state index contributed by atoms with van der Waals surface area (Å²) in [5.41, 5.74) is 0. The van der Waals surface area contributed by atoms with Gasteiger partial charge in [-0.15, -0.1) is 0 Å². The van der Waals surface area contributed by atoms with Crippen LogP contribution in [0.4, 0.5) is 0 Å². The normalized spacial score (nSPS) is 20.4. The molecule has 0 heterocycles. The molecule has 0 bridgehead atoms. The van der Waals surface area contributed by atoms with E-state index in [1.165, 1.54) is 51.4 Å². The molecule has 0 spiro atoms. The summed E-state index contributed by atoms with van der Waals surface area (Å²) in [7, 11) is 0. The molecule has 0 aromatic carbocycles. The van der Waals surface area contributed by atoms with Gasteiger partial charge in [-0.25, -0.2) is 0 Å². The maximum absolute atomic E-state index is 12.0. The van der Waals surface area contributed by atoms with Crippen LogP contribution in [0.15, 0.2) is 0 Å². The van der Waals surface area contributed by atoms with E-state index in [0.717, 1.165) is 16.8 Å². The Labute approximate surface area is 131 Å². The molecule has 1 fully saturated rings. The number of unbranched alkanes of at least 4 members (excludes halogenated alkanes) is 3. The van der Waals surface area contributed by atoms with Crippen molar-refractivity contribution in [1.82, 2.24) is 0 Å². The Balaban J connectivity index is 2.82. The van der Waals surface area contributed by atoms with Gasteiger partial charge in [0.15, 0.2) is 0 Å². The van der Waals surface area contributed by atoms with Gasteiger partial charge in [-0.3, -0.25) is 0 Å². The summed E-state index contributed by atoms with van der Waals surface area (Å²) in [6.45, 7) is 7.01. The molecule has 1 atom stereocenters. The van der Waals surface area contributed by atoms with Gasteiger partial charge in [0.1, 0.15) is 0 Å². The van der Waals surface area contributed by atoms with Gasteiger partial charge in [-0.05, 0) is 0 Å². The fourth-order valence-electron chi connectivity index (χ4n) is 4.12. The van der Waals surface area contributed by atoms with Gasteiger partial charge in [0.2, 0.25) is 0 Å². The Morgan fingerprint density at radius 2 is 1.45 bits per heavy atom. The molecule has 20 heavy (non-hydrogen) atoms. The third-order valence-electron chi connectivity index (χ3n) is 5.43. The topological polar surface area (TPSA) is 17.1 Å². The molecular formula is C18H36OSn. The van der Waals surface area contributed by atoms with E-state index in [1.54, 1.807) is 13.3 Å². The van der Waals surface area contributed by atoms with Gasteiger partial charge in [-0.1, -0.05) is 0 Å². The summed E-state index contributed by atoms with van der Waals surface area (Å²) in [6.07, 6.45) is 12.8. The zero-order valence-corrected chi connectivity index (χ0v) is 17.0. The average molecular weight is 387 g/mol. The molecule has 0 amide bonds. The zero-order valence-electron chi connectivity index (χ0n) is 14.2. The molecule has 0 aromatic rings.